The molecule has 4 unspecified atom stereocenters. The summed E-state index contributed by atoms with van der Waals surface area (Å²) in [4.78, 5) is 0. The zero-order valence-corrected chi connectivity index (χ0v) is 13.8. The lowest BCUT2D eigenvalue weighted by molar-refractivity contribution is -0.00593. The normalized spacial score (nSPS) is 39.5. The van der Waals surface area contributed by atoms with E-state index in [1.165, 1.54) is 25.7 Å². The van der Waals surface area contributed by atoms with Gasteiger partial charge in [-0.15, -0.1) is 11.6 Å². The van der Waals surface area contributed by atoms with Gasteiger partial charge in [0.15, 0.2) is 0 Å². The fraction of sp³-hybridized carbons (Fsp3) is 0.684. The minimum Gasteiger partial charge on any atom is -0.126 e. The lowest BCUT2D eigenvalue weighted by Gasteiger charge is -2.56. The van der Waals surface area contributed by atoms with Gasteiger partial charge < -0.3 is 0 Å². The first-order chi connectivity index (χ1) is 9.46. The number of hydrogen-bond donors (Lipinski definition) is 0. The summed E-state index contributed by atoms with van der Waals surface area (Å²) in [6, 6.07) is 11.3. The second kappa shape index (κ2) is 5.05. The van der Waals surface area contributed by atoms with Crippen LogP contribution >= 0.6 is 11.6 Å². The van der Waals surface area contributed by atoms with E-state index in [-0.39, 0.29) is 0 Å². The first-order valence-corrected chi connectivity index (χ1v) is 8.61. The summed E-state index contributed by atoms with van der Waals surface area (Å²) in [5.74, 6) is 3.11. The van der Waals surface area contributed by atoms with Gasteiger partial charge in [0.1, 0.15) is 0 Å². The van der Waals surface area contributed by atoms with Crippen LogP contribution in [-0.2, 0) is 5.41 Å². The van der Waals surface area contributed by atoms with Crippen LogP contribution in [0.1, 0.15) is 52.0 Å². The van der Waals surface area contributed by atoms with Gasteiger partial charge in [-0.1, -0.05) is 51.1 Å². The Morgan fingerprint density at radius 1 is 1.10 bits per heavy atom. The quantitative estimate of drug-likeness (QED) is 0.618. The van der Waals surface area contributed by atoms with Crippen LogP contribution in [0.4, 0.5) is 0 Å². The molecule has 110 valence electrons. The van der Waals surface area contributed by atoms with E-state index in [0.29, 0.717) is 16.7 Å². The predicted molar refractivity (Wildman–Crippen MR) is 87.2 cm³/mol. The van der Waals surface area contributed by atoms with Crippen LogP contribution < -0.4 is 0 Å². The summed E-state index contributed by atoms with van der Waals surface area (Å²) in [5.41, 5.74) is 2.41. The summed E-state index contributed by atoms with van der Waals surface area (Å²) >= 11 is 6.31. The highest BCUT2D eigenvalue weighted by Crippen LogP contribution is 2.59. The second-order valence-corrected chi connectivity index (χ2v) is 8.46. The standard InChI is InChI=1S/C19H27Cl/c1-14-9-19(16-7-5-4-6-8-16)11-15(17(14)12-20)10-18(2,3)13-19/h4-8,14-15,17H,9-13H2,1-3H3. The minimum absolute atomic E-state index is 0.398. The third kappa shape index (κ3) is 2.41. The van der Waals surface area contributed by atoms with Gasteiger partial charge in [-0.2, -0.15) is 0 Å². The molecule has 3 rings (SSSR count). The fourth-order valence-electron chi connectivity index (χ4n) is 5.44. The Kier molecular flexibility index (Phi) is 3.65. The lowest BCUT2D eigenvalue weighted by Crippen LogP contribution is -2.50. The van der Waals surface area contributed by atoms with Crippen molar-refractivity contribution in [2.45, 2.75) is 51.9 Å². The van der Waals surface area contributed by atoms with Crippen LogP contribution in [0.25, 0.3) is 0 Å². The molecule has 2 aliphatic carbocycles. The predicted octanol–water partition coefficient (Wildman–Crippen LogP) is 5.65. The average molecular weight is 291 g/mol. The molecule has 2 saturated carbocycles. The number of benzene rings is 1. The molecule has 20 heavy (non-hydrogen) atoms. The molecule has 0 N–H and O–H groups in total. The Bertz CT molecular complexity index is 460. The van der Waals surface area contributed by atoms with Crippen molar-refractivity contribution >= 4 is 11.6 Å². The maximum Gasteiger partial charge on any atom is 0.0256 e. The van der Waals surface area contributed by atoms with Gasteiger partial charge in [-0.05, 0) is 59.8 Å². The van der Waals surface area contributed by atoms with E-state index >= 15 is 0 Å². The molecule has 0 amide bonds. The molecule has 0 aromatic heterocycles. The third-order valence-electron chi connectivity index (χ3n) is 5.90. The lowest BCUT2D eigenvalue weighted by atomic mass is 9.48. The van der Waals surface area contributed by atoms with Crippen molar-refractivity contribution < 1.29 is 0 Å². The van der Waals surface area contributed by atoms with Gasteiger partial charge in [-0.25, -0.2) is 0 Å². The fourth-order valence-corrected chi connectivity index (χ4v) is 6.00. The largest absolute Gasteiger partial charge is 0.126 e. The van der Waals surface area contributed by atoms with E-state index in [4.69, 9.17) is 11.6 Å². The Labute approximate surface area is 128 Å². The van der Waals surface area contributed by atoms with Crippen LogP contribution in [0.2, 0.25) is 0 Å². The average Bonchev–Trinajstić information content (AvgIpc) is 2.38. The maximum absolute atomic E-state index is 6.31. The van der Waals surface area contributed by atoms with Crippen molar-refractivity contribution in [1.29, 1.82) is 0 Å². The highest BCUT2D eigenvalue weighted by molar-refractivity contribution is 6.18. The van der Waals surface area contributed by atoms with Crippen LogP contribution in [0.3, 0.4) is 0 Å². The molecule has 1 heteroatoms. The van der Waals surface area contributed by atoms with Gasteiger partial charge in [-0.3, -0.25) is 0 Å². The van der Waals surface area contributed by atoms with Gasteiger partial charge in [0.25, 0.3) is 0 Å². The third-order valence-corrected chi connectivity index (χ3v) is 6.25. The number of rotatable bonds is 2. The van der Waals surface area contributed by atoms with Crippen molar-refractivity contribution in [2.24, 2.45) is 23.2 Å². The molecule has 2 fully saturated rings. The summed E-state index contributed by atoms with van der Waals surface area (Å²) in [6.45, 7) is 7.34. The van der Waals surface area contributed by atoms with Crippen LogP contribution in [0, 0.1) is 23.2 Å². The van der Waals surface area contributed by atoms with Crippen molar-refractivity contribution in [1.82, 2.24) is 0 Å². The molecule has 0 aliphatic heterocycles. The Balaban J connectivity index is 2.01. The van der Waals surface area contributed by atoms with Gasteiger partial charge in [0.05, 0.1) is 0 Å². The van der Waals surface area contributed by atoms with E-state index in [1.54, 1.807) is 5.56 Å². The zero-order chi connectivity index (χ0) is 14.4. The molecule has 4 atom stereocenters. The molecular weight excluding hydrogens is 264 g/mol. The second-order valence-electron chi connectivity index (χ2n) is 8.16. The molecule has 0 saturated heterocycles. The number of halogens is 1. The molecule has 0 heterocycles. The van der Waals surface area contributed by atoms with Crippen molar-refractivity contribution in [3.8, 4) is 0 Å². The monoisotopic (exact) mass is 290 g/mol. The number of fused-ring (bicyclic) bond motifs is 2. The summed E-state index contributed by atoms with van der Waals surface area (Å²) in [5, 5.41) is 0. The van der Waals surface area contributed by atoms with E-state index in [1.807, 2.05) is 0 Å². The summed E-state index contributed by atoms with van der Waals surface area (Å²) < 4.78 is 0. The highest BCUT2D eigenvalue weighted by Gasteiger charge is 2.51. The van der Waals surface area contributed by atoms with Crippen molar-refractivity contribution in [3.63, 3.8) is 0 Å². The first kappa shape index (κ1) is 14.4. The number of alkyl halides is 1. The van der Waals surface area contributed by atoms with Gasteiger partial charge >= 0.3 is 0 Å². The smallest absolute Gasteiger partial charge is 0.0256 e. The SMILES string of the molecule is CC1CC2(c3ccccc3)CC(CC(C)(C)C2)C1CCl. The molecule has 1 aromatic carbocycles. The molecule has 0 radical (unpaired) electrons. The van der Waals surface area contributed by atoms with Gasteiger partial charge in [0.2, 0.25) is 0 Å². The zero-order valence-electron chi connectivity index (χ0n) is 13.0. The maximum atomic E-state index is 6.31. The van der Waals surface area contributed by atoms with E-state index in [9.17, 15) is 0 Å². The van der Waals surface area contributed by atoms with Gasteiger partial charge in [0, 0.05) is 5.88 Å². The Hall–Kier alpha value is -0.490. The van der Waals surface area contributed by atoms with Crippen molar-refractivity contribution in [3.05, 3.63) is 35.9 Å². The molecule has 0 nitrogen and oxygen atoms in total. The van der Waals surface area contributed by atoms with Crippen molar-refractivity contribution in [2.75, 3.05) is 5.88 Å². The van der Waals surface area contributed by atoms with Crippen LogP contribution in [0.5, 0.6) is 0 Å². The first-order valence-electron chi connectivity index (χ1n) is 8.07. The highest BCUT2D eigenvalue weighted by atomic mass is 35.5. The Morgan fingerprint density at radius 2 is 1.80 bits per heavy atom. The summed E-state index contributed by atoms with van der Waals surface area (Å²) in [7, 11) is 0. The van der Waals surface area contributed by atoms with E-state index in [2.05, 4.69) is 51.1 Å². The molecule has 1 aromatic rings. The molecule has 2 aliphatic rings. The molecule has 2 bridgehead atoms. The Morgan fingerprint density at radius 3 is 2.45 bits per heavy atom. The summed E-state index contributed by atoms with van der Waals surface area (Å²) in [6.07, 6.45) is 5.35. The van der Waals surface area contributed by atoms with E-state index in [0.717, 1.165) is 17.7 Å². The molecular formula is C19H27Cl. The van der Waals surface area contributed by atoms with Crippen LogP contribution in [-0.4, -0.2) is 5.88 Å². The minimum atomic E-state index is 0.398. The topological polar surface area (TPSA) is 0 Å². The number of hydrogen-bond acceptors (Lipinski definition) is 0. The van der Waals surface area contributed by atoms with Crippen LogP contribution in [0.15, 0.2) is 30.3 Å². The molecule has 0 spiro atoms. The van der Waals surface area contributed by atoms with E-state index < -0.39 is 0 Å².